The molecule has 0 bridgehead atoms. The average Bonchev–Trinajstić information content (AvgIpc) is 2.14. The van der Waals surface area contributed by atoms with Crippen molar-refractivity contribution in [1.82, 2.24) is 0 Å². The number of carbonyl (C=O) groups is 1. The second-order valence-corrected chi connectivity index (χ2v) is 3.39. The van der Waals surface area contributed by atoms with Gasteiger partial charge < -0.3 is 9.47 Å². The summed E-state index contributed by atoms with van der Waals surface area (Å²) in [5.41, 5.74) is -0.360. The van der Waals surface area contributed by atoms with Crippen LogP contribution in [0.5, 0.6) is 0 Å². The van der Waals surface area contributed by atoms with Crippen molar-refractivity contribution in [3.05, 3.63) is 24.5 Å². The fourth-order valence-corrected chi connectivity index (χ4v) is 0.900. The first-order chi connectivity index (χ1) is 6.47. The van der Waals surface area contributed by atoms with Crippen LogP contribution in [-0.4, -0.2) is 19.7 Å². The molecular formula is C11H18O3. The van der Waals surface area contributed by atoms with Crippen LogP contribution in [-0.2, 0) is 14.3 Å². The van der Waals surface area contributed by atoms with Crippen LogP contribution in [0.4, 0.5) is 0 Å². The van der Waals surface area contributed by atoms with Crippen molar-refractivity contribution in [2.24, 2.45) is 5.41 Å². The number of esters is 1. The van der Waals surface area contributed by atoms with E-state index in [-0.39, 0.29) is 11.4 Å². The highest BCUT2D eigenvalue weighted by Gasteiger charge is 2.21. The van der Waals surface area contributed by atoms with Crippen molar-refractivity contribution in [2.75, 3.05) is 13.7 Å². The number of rotatable bonds is 5. The minimum Gasteiger partial charge on any atom is -0.500 e. The van der Waals surface area contributed by atoms with E-state index in [2.05, 4.69) is 6.58 Å². The van der Waals surface area contributed by atoms with E-state index in [9.17, 15) is 4.79 Å². The molecule has 0 saturated carbocycles. The zero-order valence-corrected chi connectivity index (χ0v) is 9.29. The van der Waals surface area contributed by atoms with Crippen molar-refractivity contribution >= 4 is 5.97 Å². The number of carbonyl (C=O) groups excluding carboxylic acids is 1. The number of hydrogen-bond donors (Lipinski definition) is 0. The molecule has 0 atom stereocenters. The topological polar surface area (TPSA) is 35.5 Å². The van der Waals surface area contributed by atoms with E-state index in [1.54, 1.807) is 13.0 Å². The summed E-state index contributed by atoms with van der Waals surface area (Å²) in [7, 11) is 1.52. The second-order valence-electron chi connectivity index (χ2n) is 3.39. The highest BCUT2D eigenvalue weighted by molar-refractivity contribution is 5.82. The Morgan fingerprint density at radius 1 is 1.50 bits per heavy atom. The number of ether oxygens (including phenoxy) is 2. The fraction of sp³-hybridized carbons (Fsp3) is 0.545. The van der Waals surface area contributed by atoms with Gasteiger partial charge >= 0.3 is 5.97 Å². The third-order valence-electron chi connectivity index (χ3n) is 1.90. The molecule has 0 amide bonds. The summed E-state index contributed by atoms with van der Waals surface area (Å²) < 4.78 is 9.90. The Balaban J connectivity index is 4.71. The van der Waals surface area contributed by atoms with E-state index >= 15 is 0 Å². The van der Waals surface area contributed by atoms with Crippen LogP contribution in [0.1, 0.15) is 20.8 Å². The van der Waals surface area contributed by atoms with Crippen molar-refractivity contribution in [3.8, 4) is 0 Å². The lowest BCUT2D eigenvalue weighted by Crippen LogP contribution is -2.15. The third-order valence-corrected chi connectivity index (χ3v) is 1.90. The number of allylic oxidation sites excluding steroid dienone is 1. The molecular weight excluding hydrogens is 180 g/mol. The van der Waals surface area contributed by atoms with Crippen molar-refractivity contribution < 1.29 is 14.3 Å². The van der Waals surface area contributed by atoms with Crippen LogP contribution < -0.4 is 0 Å². The molecule has 3 heteroatoms. The molecule has 0 aromatic heterocycles. The normalized spacial score (nSPS) is 12.1. The van der Waals surface area contributed by atoms with Gasteiger partial charge in [-0.15, -0.1) is 6.58 Å². The Bertz CT molecular complexity index is 239. The summed E-state index contributed by atoms with van der Waals surface area (Å²) in [6.07, 6.45) is 3.08. The molecule has 0 rings (SSSR count). The molecule has 14 heavy (non-hydrogen) atoms. The number of methoxy groups -OCH3 is 1. The first kappa shape index (κ1) is 12.8. The van der Waals surface area contributed by atoms with Gasteiger partial charge in [-0.05, 0) is 20.8 Å². The lowest BCUT2D eigenvalue weighted by atomic mass is 9.91. The lowest BCUT2D eigenvalue weighted by Gasteiger charge is -2.22. The largest absolute Gasteiger partial charge is 0.500 e. The van der Waals surface area contributed by atoms with Crippen LogP contribution in [0.25, 0.3) is 0 Å². The second kappa shape index (κ2) is 5.47. The molecule has 80 valence electrons. The molecule has 0 spiro atoms. The minimum absolute atomic E-state index is 0.360. The lowest BCUT2D eigenvalue weighted by molar-refractivity contribution is -0.137. The van der Waals surface area contributed by atoms with E-state index in [4.69, 9.17) is 9.47 Å². The molecule has 0 fully saturated rings. The van der Waals surface area contributed by atoms with Gasteiger partial charge in [-0.3, -0.25) is 0 Å². The fourth-order valence-electron chi connectivity index (χ4n) is 0.900. The Morgan fingerprint density at radius 2 is 2.07 bits per heavy atom. The van der Waals surface area contributed by atoms with Gasteiger partial charge in [0.05, 0.1) is 19.8 Å². The van der Waals surface area contributed by atoms with E-state index in [0.717, 1.165) is 0 Å². The van der Waals surface area contributed by atoms with E-state index in [1.165, 1.54) is 13.2 Å². The summed E-state index contributed by atoms with van der Waals surface area (Å²) in [5, 5.41) is 0. The van der Waals surface area contributed by atoms with Gasteiger partial charge in [0.15, 0.2) is 0 Å². The first-order valence-corrected chi connectivity index (χ1v) is 4.54. The van der Waals surface area contributed by atoms with Crippen LogP contribution in [0, 0.1) is 5.41 Å². The predicted octanol–water partition coefficient (Wildman–Crippen LogP) is 2.29. The van der Waals surface area contributed by atoms with Crippen molar-refractivity contribution in [3.63, 3.8) is 0 Å². The maximum Gasteiger partial charge on any atom is 0.334 e. The summed E-state index contributed by atoms with van der Waals surface area (Å²) in [6.45, 7) is 9.63. The standard InChI is InChI=1S/C11H18O3/c1-6-11(3,4)9(13-5)8-10(12)14-7-2/h6,8H,1,7H2,2-5H3/b9-8-. The van der Waals surface area contributed by atoms with Gasteiger partial charge in [0, 0.05) is 5.41 Å². The highest BCUT2D eigenvalue weighted by atomic mass is 16.5. The zero-order chi connectivity index (χ0) is 11.2. The molecule has 0 aliphatic carbocycles. The molecule has 3 nitrogen and oxygen atoms in total. The van der Waals surface area contributed by atoms with Crippen LogP contribution in [0.2, 0.25) is 0 Å². The molecule has 0 saturated heterocycles. The molecule has 0 N–H and O–H groups in total. The summed E-state index contributed by atoms with van der Waals surface area (Å²) in [5.74, 6) is 0.158. The van der Waals surface area contributed by atoms with Crippen molar-refractivity contribution in [2.45, 2.75) is 20.8 Å². The van der Waals surface area contributed by atoms with Crippen molar-refractivity contribution in [1.29, 1.82) is 0 Å². The molecule has 0 radical (unpaired) electrons. The Hall–Kier alpha value is -1.25. The predicted molar refractivity (Wildman–Crippen MR) is 55.7 cm³/mol. The summed E-state index contributed by atoms with van der Waals surface area (Å²) in [6, 6.07) is 0. The summed E-state index contributed by atoms with van der Waals surface area (Å²) >= 11 is 0. The van der Waals surface area contributed by atoms with Crippen LogP contribution in [0.3, 0.4) is 0 Å². The van der Waals surface area contributed by atoms with Gasteiger partial charge in [0.2, 0.25) is 0 Å². The maximum absolute atomic E-state index is 11.2. The monoisotopic (exact) mass is 198 g/mol. The molecule has 0 heterocycles. The zero-order valence-electron chi connectivity index (χ0n) is 9.29. The van der Waals surface area contributed by atoms with E-state index < -0.39 is 0 Å². The Kier molecular flexibility index (Phi) is 4.99. The summed E-state index contributed by atoms with van der Waals surface area (Å²) in [4.78, 5) is 11.2. The van der Waals surface area contributed by atoms with Gasteiger partial charge in [-0.2, -0.15) is 0 Å². The van der Waals surface area contributed by atoms with E-state index in [1.807, 2.05) is 13.8 Å². The Morgan fingerprint density at radius 3 is 2.43 bits per heavy atom. The molecule has 0 aromatic rings. The van der Waals surface area contributed by atoms with Gasteiger partial charge in [0.25, 0.3) is 0 Å². The minimum atomic E-state index is -0.390. The van der Waals surface area contributed by atoms with Gasteiger partial charge in [0.1, 0.15) is 5.76 Å². The number of hydrogen-bond acceptors (Lipinski definition) is 3. The molecule has 0 aliphatic heterocycles. The van der Waals surface area contributed by atoms with Crippen LogP contribution in [0.15, 0.2) is 24.5 Å². The molecule has 0 aliphatic rings. The Labute approximate surface area is 85.4 Å². The average molecular weight is 198 g/mol. The third kappa shape index (κ3) is 3.64. The molecule has 0 aromatic carbocycles. The van der Waals surface area contributed by atoms with Gasteiger partial charge in [-0.25, -0.2) is 4.79 Å². The quantitative estimate of drug-likeness (QED) is 0.294. The van der Waals surface area contributed by atoms with Crippen LogP contribution >= 0.6 is 0 Å². The molecule has 0 unspecified atom stereocenters. The highest BCUT2D eigenvalue weighted by Crippen LogP contribution is 2.27. The first-order valence-electron chi connectivity index (χ1n) is 4.54. The van der Waals surface area contributed by atoms with Gasteiger partial charge in [-0.1, -0.05) is 6.08 Å². The van der Waals surface area contributed by atoms with E-state index in [0.29, 0.717) is 12.4 Å². The smallest absolute Gasteiger partial charge is 0.334 e. The maximum atomic E-state index is 11.2. The SMILES string of the molecule is C=CC(C)(C)/C(=C/C(=O)OCC)OC.